The summed E-state index contributed by atoms with van der Waals surface area (Å²) in [5, 5.41) is 0. The van der Waals surface area contributed by atoms with Crippen LogP contribution in [-0.2, 0) is 4.79 Å². The molecule has 0 heterocycles. The van der Waals surface area contributed by atoms with Crippen molar-refractivity contribution < 1.29 is 22.7 Å². The van der Waals surface area contributed by atoms with Crippen LogP contribution in [0.2, 0.25) is 0 Å². The fraction of sp³-hybridized carbons (Fsp3) is 0.211. The third kappa shape index (κ3) is 4.41. The lowest BCUT2D eigenvalue weighted by Crippen LogP contribution is -2.25. The molecule has 0 spiro atoms. The maximum atomic E-state index is 13.0. The number of Topliss-reactive ketones (excluding diaryl/α,β-unsaturated/α-hetero) is 1. The lowest BCUT2D eigenvalue weighted by Gasteiger charge is -2.20. The second-order valence-electron chi connectivity index (χ2n) is 5.50. The number of ketones is 1. The van der Waals surface area contributed by atoms with Crippen molar-refractivity contribution in [2.24, 2.45) is 0 Å². The molecule has 0 radical (unpaired) electrons. The van der Waals surface area contributed by atoms with Crippen molar-refractivity contribution in [3.05, 3.63) is 65.9 Å². The lowest BCUT2D eigenvalue weighted by atomic mass is 10.0. The summed E-state index contributed by atoms with van der Waals surface area (Å²) in [6.45, 7) is 1.82. The first kappa shape index (κ1) is 18.6. The molecule has 0 fully saturated rings. The van der Waals surface area contributed by atoms with Crippen molar-refractivity contribution in [1.29, 1.82) is 0 Å². The van der Waals surface area contributed by atoms with Crippen molar-refractivity contribution >= 4 is 17.0 Å². The number of rotatable bonds is 5. The summed E-state index contributed by atoms with van der Waals surface area (Å²) in [5.41, 5.74) is 1.28. The minimum absolute atomic E-state index is 0.211. The zero-order valence-electron chi connectivity index (χ0n) is 14.1. The maximum Gasteiger partial charge on any atom is 0.454 e. The number of hydrogen-bond donors (Lipinski definition) is 0. The molecule has 0 aromatic heterocycles. The quantitative estimate of drug-likeness (QED) is 0.738. The molecule has 3 nitrogen and oxygen atoms in total. The van der Waals surface area contributed by atoms with Gasteiger partial charge in [-0.1, -0.05) is 30.3 Å². The van der Waals surface area contributed by atoms with E-state index in [0.717, 1.165) is 5.56 Å². The highest BCUT2D eigenvalue weighted by molar-refractivity contribution is 6.23. The summed E-state index contributed by atoms with van der Waals surface area (Å²) in [7, 11) is 3.13. The highest BCUT2D eigenvalue weighted by atomic mass is 19.4. The monoisotopic (exact) mass is 349 g/mol. The predicted octanol–water partition coefficient (Wildman–Crippen LogP) is 4.61. The van der Waals surface area contributed by atoms with Crippen LogP contribution in [0.15, 0.2) is 54.7 Å². The summed E-state index contributed by atoms with van der Waals surface area (Å²) in [4.78, 5) is 13.4. The molecular weight excluding hydrogens is 331 g/mol. The molecule has 0 atom stereocenters. The van der Waals surface area contributed by atoms with E-state index in [-0.39, 0.29) is 5.56 Å². The number of allylic oxidation sites excluding steroid dienone is 1. The first-order valence-electron chi connectivity index (χ1n) is 7.50. The number of ether oxygens (including phenoxy) is 1. The Bertz CT molecular complexity index is 783. The summed E-state index contributed by atoms with van der Waals surface area (Å²) >= 11 is 0. The Hall–Kier alpha value is -2.76. The van der Waals surface area contributed by atoms with E-state index < -0.39 is 17.5 Å². The highest BCUT2D eigenvalue weighted by Crippen LogP contribution is 2.30. The summed E-state index contributed by atoms with van der Waals surface area (Å²) < 4.78 is 44.1. The van der Waals surface area contributed by atoms with Crippen LogP contribution in [0.25, 0.3) is 5.57 Å². The number of carbonyl (C=O) groups is 1. The predicted molar refractivity (Wildman–Crippen MR) is 91.6 cm³/mol. The van der Waals surface area contributed by atoms with Crippen LogP contribution in [0.5, 0.6) is 5.75 Å². The van der Waals surface area contributed by atoms with Crippen molar-refractivity contribution in [1.82, 2.24) is 0 Å². The van der Waals surface area contributed by atoms with E-state index in [1.54, 1.807) is 43.4 Å². The van der Waals surface area contributed by atoms with E-state index in [4.69, 9.17) is 4.74 Å². The van der Waals surface area contributed by atoms with Gasteiger partial charge in [0.15, 0.2) is 0 Å². The highest BCUT2D eigenvalue weighted by Gasteiger charge is 2.41. The summed E-state index contributed by atoms with van der Waals surface area (Å²) in [5.74, 6) is -1.23. The third-order valence-corrected chi connectivity index (χ3v) is 3.69. The molecule has 0 unspecified atom stereocenters. The molecule has 132 valence electrons. The molecule has 2 rings (SSSR count). The number of anilines is 1. The van der Waals surface area contributed by atoms with Crippen LogP contribution in [0.1, 0.15) is 11.1 Å². The van der Waals surface area contributed by atoms with Gasteiger partial charge in [-0.15, -0.1) is 0 Å². The molecule has 0 bridgehead atoms. The number of halogens is 3. The standard InChI is InChI=1S/C19H18F3NO2/c1-13-11-15(25-3)9-10-17(13)23(2)12-16(18(24)19(20,21)22)14-7-5-4-6-8-14/h4-12H,1-3H3/b16-12-. The van der Waals surface area contributed by atoms with E-state index in [9.17, 15) is 18.0 Å². The molecule has 2 aromatic rings. The first-order chi connectivity index (χ1) is 11.7. The number of aryl methyl sites for hydroxylation is 1. The molecule has 0 aliphatic carbocycles. The molecule has 6 heteroatoms. The molecule has 0 saturated carbocycles. The number of benzene rings is 2. The molecule has 0 N–H and O–H groups in total. The number of carbonyl (C=O) groups excluding carboxylic acids is 1. The lowest BCUT2D eigenvalue weighted by molar-refractivity contribution is -0.164. The van der Waals surface area contributed by atoms with Gasteiger partial charge in [0.2, 0.25) is 0 Å². The topological polar surface area (TPSA) is 29.5 Å². The average Bonchev–Trinajstić information content (AvgIpc) is 2.58. The zero-order valence-corrected chi connectivity index (χ0v) is 14.1. The SMILES string of the molecule is COc1ccc(N(C)/C=C(\C(=O)C(F)(F)F)c2ccccc2)c(C)c1. The van der Waals surface area contributed by atoms with Crippen LogP contribution >= 0.6 is 0 Å². The Kier molecular flexibility index (Phi) is 5.51. The van der Waals surface area contributed by atoms with E-state index >= 15 is 0 Å². The molecule has 25 heavy (non-hydrogen) atoms. The first-order valence-corrected chi connectivity index (χ1v) is 7.50. The van der Waals surface area contributed by atoms with E-state index in [0.29, 0.717) is 11.4 Å². The fourth-order valence-corrected chi connectivity index (χ4v) is 2.45. The number of alkyl halides is 3. The average molecular weight is 349 g/mol. The molecule has 0 saturated heterocycles. The smallest absolute Gasteiger partial charge is 0.454 e. The second kappa shape index (κ2) is 7.42. The largest absolute Gasteiger partial charge is 0.497 e. The molecular formula is C19H18F3NO2. The van der Waals surface area contributed by atoms with Gasteiger partial charge in [-0.25, -0.2) is 0 Å². The summed E-state index contributed by atoms with van der Waals surface area (Å²) in [6.07, 6.45) is -3.74. The maximum absolute atomic E-state index is 13.0. The second-order valence-corrected chi connectivity index (χ2v) is 5.50. The van der Waals surface area contributed by atoms with Gasteiger partial charge in [-0.3, -0.25) is 4.79 Å². The zero-order chi connectivity index (χ0) is 18.6. The van der Waals surface area contributed by atoms with Crippen LogP contribution in [0.3, 0.4) is 0 Å². The van der Waals surface area contributed by atoms with Gasteiger partial charge in [-0.2, -0.15) is 13.2 Å². The Balaban J connectivity index is 2.48. The van der Waals surface area contributed by atoms with Gasteiger partial charge in [0.05, 0.1) is 12.7 Å². The Morgan fingerprint density at radius 1 is 1.12 bits per heavy atom. The fourth-order valence-electron chi connectivity index (χ4n) is 2.45. The van der Waals surface area contributed by atoms with Gasteiger partial charge < -0.3 is 9.64 Å². The normalized spacial score (nSPS) is 12.0. The Morgan fingerprint density at radius 2 is 1.76 bits per heavy atom. The minimum atomic E-state index is -4.95. The Morgan fingerprint density at radius 3 is 2.28 bits per heavy atom. The van der Waals surface area contributed by atoms with Gasteiger partial charge in [-0.05, 0) is 36.2 Å². The molecule has 2 aromatic carbocycles. The number of methoxy groups -OCH3 is 1. The van der Waals surface area contributed by atoms with Crippen LogP contribution in [0, 0.1) is 6.92 Å². The van der Waals surface area contributed by atoms with Crippen molar-refractivity contribution in [2.45, 2.75) is 13.1 Å². The number of nitrogens with zero attached hydrogens (tertiary/aromatic N) is 1. The van der Waals surface area contributed by atoms with Crippen LogP contribution in [-0.4, -0.2) is 26.1 Å². The van der Waals surface area contributed by atoms with E-state index in [2.05, 4.69) is 0 Å². The Labute approximate surface area is 144 Å². The van der Waals surface area contributed by atoms with Gasteiger partial charge in [0, 0.05) is 18.9 Å². The molecule has 0 aliphatic heterocycles. The van der Waals surface area contributed by atoms with Gasteiger partial charge >= 0.3 is 6.18 Å². The summed E-state index contributed by atoms with van der Waals surface area (Å²) in [6, 6.07) is 13.0. The van der Waals surface area contributed by atoms with Crippen LogP contribution in [0.4, 0.5) is 18.9 Å². The van der Waals surface area contributed by atoms with Crippen molar-refractivity contribution in [2.75, 3.05) is 19.1 Å². The minimum Gasteiger partial charge on any atom is -0.497 e. The molecule has 0 aliphatic rings. The van der Waals surface area contributed by atoms with E-state index in [1.807, 2.05) is 6.92 Å². The number of hydrogen-bond acceptors (Lipinski definition) is 3. The van der Waals surface area contributed by atoms with Gasteiger partial charge in [0.25, 0.3) is 5.78 Å². The van der Waals surface area contributed by atoms with Crippen molar-refractivity contribution in [3.63, 3.8) is 0 Å². The van der Waals surface area contributed by atoms with Crippen molar-refractivity contribution in [3.8, 4) is 5.75 Å². The van der Waals surface area contributed by atoms with E-state index in [1.165, 1.54) is 30.3 Å². The molecule has 0 amide bonds. The van der Waals surface area contributed by atoms with Gasteiger partial charge in [0.1, 0.15) is 5.75 Å². The third-order valence-electron chi connectivity index (χ3n) is 3.69. The van der Waals surface area contributed by atoms with Crippen LogP contribution < -0.4 is 9.64 Å².